The molecule has 1 N–H and O–H groups in total. The van der Waals surface area contributed by atoms with Gasteiger partial charge >= 0.3 is 0 Å². The highest BCUT2D eigenvalue weighted by Gasteiger charge is 2.17. The monoisotopic (exact) mass is 296 g/mol. The molecule has 0 aliphatic heterocycles. The van der Waals surface area contributed by atoms with Crippen LogP contribution in [0.2, 0.25) is 5.15 Å². The van der Waals surface area contributed by atoms with Crippen molar-refractivity contribution in [1.29, 1.82) is 0 Å². The number of rotatable bonds is 8. The van der Waals surface area contributed by atoms with E-state index in [-0.39, 0.29) is 0 Å². The molecule has 2 rings (SSSR count). The fraction of sp³-hybridized carbons (Fsp3) is 0.733. The highest BCUT2D eigenvalue weighted by molar-refractivity contribution is 6.30. The third-order valence-electron chi connectivity index (χ3n) is 3.96. The van der Waals surface area contributed by atoms with Crippen molar-refractivity contribution in [1.82, 2.24) is 14.9 Å². The van der Waals surface area contributed by atoms with Gasteiger partial charge in [0.1, 0.15) is 5.15 Å². The number of fused-ring (bicyclic) bond motifs is 1. The van der Waals surface area contributed by atoms with Crippen molar-refractivity contribution in [3.8, 4) is 0 Å². The maximum Gasteiger partial charge on any atom is 0.224 e. The molecule has 5 heteroatoms. The van der Waals surface area contributed by atoms with Crippen LogP contribution in [0.4, 0.5) is 5.95 Å². The lowest BCUT2D eigenvalue weighted by Gasteiger charge is -2.17. The molecule has 20 heavy (non-hydrogen) atoms. The van der Waals surface area contributed by atoms with Crippen molar-refractivity contribution < 1.29 is 0 Å². The Bertz CT molecular complexity index is 432. The fourth-order valence-electron chi connectivity index (χ4n) is 2.67. The van der Waals surface area contributed by atoms with E-state index in [4.69, 9.17) is 11.6 Å². The van der Waals surface area contributed by atoms with Crippen molar-refractivity contribution in [2.24, 2.45) is 0 Å². The van der Waals surface area contributed by atoms with Crippen LogP contribution in [0.5, 0.6) is 0 Å². The van der Waals surface area contributed by atoms with Gasteiger partial charge in [-0.2, -0.15) is 0 Å². The molecule has 0 aromatic carbocycles. The lowest BCUT2D eigenvalue weighted by molar-refractivity contribution is 0.298. The summed E-state index contributed by atoms with van der Waals surface area (Å²) in [5.74, 6) is 0.693. The topological polar surface area (TPSA) is 41.0 Å². The summed E-state index contributed by atoms with van der Waals surface area (Å²) in [4.78, 5) is 11.4. The van der Waals surface area contributed by atoms with Crippen LogP contribution in [0, 0.1) is 0 Å². The van der Waals surface area contributed by atoms with Crippen LogP contribution < -0.4 is 5.32 Å². The zero-order chi connectivity index (χ0) is 14.4. The molecule has 0 radical (unpaired) electrons. The second-order valence-corrected chi connectivity index (χ2v) is 5.64. The molecule has 0 unspecified atom stereocenters. The zero-order valence-electron chi connectivity index (χ0n) is 12.6. The maximum absolute atomic E-state index is 6.20. The Kier molecular flexibility index (Phi) is 6.05. The Hall–Kier alpha value is -0.870. The Morgan fingerprint density at radius 1 is 1.15 bits per heavy atom. The van der Waals surface area contributed by atoms with E-state index < -0.39 is 0 Å². The third-order valence-corrected chi connectivity index (χ3v) is 4.27. The average Bonchev–Trinajstić information content (AvgIpc) is 2.92. The molecule has 0 amide bonds. The lowest BCUT2D eigenvalue weighted by atomic mass is 10.2. The zero-order valence-corrected chi connectivity index (χ0v) is 13.3. The molecule has 0 bridgehead atoms. The van der Waals surface area contributed by atoms with Gasteiger partial charge in [-0.25, -0.2) is 9.97 Å². The smallest absolute Gasteiger partial charge is 0.224 e. The quantitative estimate of drug-likeness (QED) is 0.591. The van der Waals surface area contributed by atoms with E-state index in [1.54, 1.807) is 0 Å². The normalized spacial score (nSPS) is 13.8. The highest BCUT2D eigenvalue weighted by Crippen LogP contribution is 2.26. The molecule has 0 saturated carbocycles. The van der Waals surface area contributed by atoms with Gasteiger partial charge in [0, 0.05) is 12.1 Å². The van der Waals surface area contributed by atoms with E-state index >= 15 is 0 Å². The Morgan fingerprint density at radius 2 is 1.95 bits per heavy atom. The summed E-state index contributed by atoms with van der Waals surface area (Å²) in [6.45, 7) is 8.77. The summed E-state index contributed by atoms with van der Waals surface area (Å²) < 4.78 is 0. The van der Waals surface area contributed by atoms with Gasteiger partial charge in [-0.15, -0.1) is 0 Å². The molecule has 112 valence electrons. The summed E-state index contributed by atoms with van der Waals surface area (Å²) in [7, 11) is 0. The van der Waals surface area contributed by atoms with Gasteiger partial charge in [0.15, 0.2) is 0 Å². The molecular weight excluding hydrogens is 272 g/mol. The molecule has 0 atom stereocenters. The second kappa shape index (κ2) is 7.79. The minimum absolute atomic E-state index is 0.637. The third kappa shape index (κ3) is 4.06. The van der Waals surface area contributed by atoms with Gasteiger partial charge in [0.05, 0.1) is 5.69 Å². The number of anilines is 1. The number of hydrogen-bond donors (Lipinski definition) is 1. The van der Waals surface area contributed by atoms with Crippen molar-refractivity contribution in [3.05, 3.63) is 16.4 Å². The summed E-state index contributed by atoms with van der Waals surface area (Å²) in [5, 5.41) is 3.94. The molecule has 1 heterocycles. The molecule has 1 aliphatic carbocycles. The van der Waals surface area contributed by atoms with E-state index in [1.807, 2.05) is 0 Å². The molecule has 0 saturated heterocycles. The van der Waals surface area contributed by atoms with Crippen LogP contribution in [0.3, 0.4) is 0 Å². The molecular formula is C15H25ClN4. The van der Waals surface area contributed by atoms with Crippen LogP contribution in [-0.4, -0.2) is 41.0 Å². The SMILES string of the molecule is CCN(CC)CCCCNc1nc(Cl)c2c(n1)CCC2. The highest BCUT2D eigenvalue weighted by atomic mass is 35.5. The summed E-state index contributed by atoms with van der Waals surface area (Å²) in [6, 6.07) is 0. The molecule has 0 spiro atoms. The number of hydrogen-bond acceptors (Lipinski definition) is 4. The summed E-state index contributed by atoms with van der Waals surface area (Å²) in [5.41, 5.74) is 2.29. The van der Waals surface area contributed by atoms with Gasteiger partial charge in [-0.3, -0.25) is 0 Å². The molecule has 1 aromatic heterocycles. The minimum atomic E-state index is 0.637. The van der Waals surface area contributed by atoms with Gasteiger partial charge in [-0.05, 0) is 51.7 Å². The number of nitrogens with zero attached hydrogens (tertiary/aromatic N) is 3. The molecule has 4 nitrogen and oxygen atoms in total. The van der Waals surface area contributed by atoms with Crippen LogP contribution in [0.1, 0.15) is 44.4 Å². The number of aromatic nitrogens is 2. The van der Waals surface area contributed by atoms with Crippen LogP contribution in [0.15, 0.2) is 0 Å². The van der Waals surface area contributed by atoms with E-state index in [2.05, 4.69) is 34.0 Å². The first-order chi connectivity index (χ1) is 9.74. The van der Waals surface area contributed by atoms with Crippen molar-refractivity contribution in [3.63, 3.8) is 0 Å². The molecule has 1 aliphatic rings. The number of aryl methyl sites for hydroxylation is 1. The Morgan fingerprint density at radius 3 is 2.70 bits per heavy atom. The summed E-state index contributed by atoms with van der Waals surface area (Å²) in [6.07, 6.45) is 5.55. The predicted octanol–water partition coefficient (Wildman–Crippen LogP) is 3.15. The lowest BCUT2D eigenvalue weighted by Crippen LogP contribution is -2.24. The largest absolute Gasteiger partial charge is 0.354 e. The number of nitrogens with one attached hydrogen (secondary N) is 1. The fourth-order valence-corrected chi connectivity index (χ4v) is 2.95. The van der Waals surface area contributed by atoms with Crippen LogP contribution >= 0.6 is 11.6 Å². The second-order valence-electron chi connectivity index (χ2n) is 5.28. The van der Waals surface area contributed by atoms with E-state index in [1.165, 1.54) is 13.0 Å². The Labute approximate surface area is 126 Å². The molecule has 1 aromatic rings. The van der Waals surface area contributed by atoms with Gasteiger partial charge in [0.2, 0.25) is 5.95 Å². The number of halogens is 1. The van der Waals surface area contributed by atoms with E-state index in [0.717, 1.165) is 56.6 Å². The van der Waals surface area contributed by atoms with Crippen molar-refractivity contribution >= 4 is 17.5 Å². The van der Waals surface area contributed by atoms with Crippen LogP contribution in [-0.2, 0) is 12.8 Å². The van der Waals surface area contributed by atoms with Crippen molar-refractivity contribution in [2.45, 2.75) is 46.0 Å². The van der Waals surface area contributed by atoms with E-state index in [0.29, 0.717) is 11.1 Å². The maximum atomic E-state index is 6.20. The van der Waals surface area contributed by atoms with Gasteiger partial charge in [0.25, 0.3) is 0 Å². The molecule has 0 fully saturated rings. The first-order valence-corrected chi connectivity index (χ1v) is 8.13. The first kappa shape index (κ1) is 15.5. The van der Waals surface area contributed by atoms with Gasteiger partial charge < -0.3 is 10.2 Å². The standard InChI is InChI=1S/C15H25ClN4/c1-3-20(4-2)11-6-5-10-17-15-18-13-9-7-8-12(13)14(16)19-15/h3-11H2,1-2H3,(H,17,18,19). The summed E-state index contributed by atoms with van der Waals surface area (Å²) >= 11 is 6.20. The van der Waals surface area contributed by atoms with E-state index in [9.17, 15) is 0 Å². The number of unbranched alkanes of at least 4 members (excludes halogenated alkanes) is 1. The predicted molar refractivity (Wildman–Crippen MR) is 84.6 cm³/mol. The van der Waals surface area contributed by atoms with Crippen molar-refractivity contribution in [2.75, 3.05) is 31.5 Å². The van der Waals surface area contributed by atoms with Gasteiger partial charge in [-0.1, -0.05) is 25.4 Å². The Balaban J connectivity index is 1.73. The average molecular weight is 297 g/mol. The first-order valence-electron chi connectivity index (χ1n) is 7.76. The minimum Gasteiger partial charge on any atom is -0.354 e. The van der Waals surface area contributed by atoms with Crippen LogP contribution in [0.25, 0.3) is 0 Å².